The van der Waals surface area contributed by atoms with Crippen molar-refractivity contribution in [2.45, 2.75) is 10.8 Å². The van der Waals surface area contributed by atoms with E-state index in [1.54, 1.807) is 36.4 Å². The predicted molar refractivity (Wildman–Crippen MR) is 111 cm³/mol. The Morgan fingerprint density at radius 2 is 1.71 bits per heavy atom. The number of nitrogens with one attached hydrogen (secondary N) is 1. The van der Waals surface area contributed by atoms with Crippen LogP contribution in [0.2, 0.25) is 0 Å². The van der Waals surface area contributed by atoms with Gasteiger partial charge in [-0.05, 0) is 24.3 Å². The van der Waals surface area contributed by atoms with Crippen molar-refractivity contribution in [1.82, 2.24) is 4.98 Å². The second-order valence-corrected chi connectivity index (χ2v) is 7.93. The number of hydrogen-bond acceptors (Lipinski definition) is 6. The monoisotopic (exact) mass is 411 g/mol. The van der Waals surface area contributed by atoms with Gasteiger partial charge >= 0.3 is 0 Å². The molecule has 142 valence electrons. The number of ketones is 1. The highest BCUT2D eigenvalue weighted by Gasteiger charge is 2.11. The molecule has 3 rings (SSSR count). The predicted octanol–water partition coefficient (Wildman–Crippen LogP) is 3.40. The van der Waals surface area contributed by atoms with Crippen LogP contribution in [-0.2, 0) is 11.2 Å². The summed E-state index contributed by atoms with van der Waals surface area (Å²) in [5, 5.41) is 4.56. The number of hydrogen-bond donors (Lipinski definition) is 2. The van der Waals surface area contributed by atoms with Crippen molar-refractivity contribution in [3.63, 3.8) is 0 Å². The first kappa shape index (κ1) is 19.8. The van der Waals surface area contributed by atoms with Gasteiger partial charge in [0.15, 0.2) is 10.1 Å². The van der Waals surface area contributed by atoms with E-state index in [2.05, 4.69) is 10.3 Å². The van der Waals surface area contributed by atoms with Gasteiger partial charge in [-0.15, -0.1) is 11.3 Å². The highest BCUT2D eigenvalue weighted by molar-refractivity contribution is 8.01. The van der Waals surface area contributed by atoms with Gasteiger partial charge in [0, 0.05) is 22.2 Å². The van der Waals surface area contributed by atoms with E-state index in [1.165, 1.54) is 23.1 Å². The molecule has 0 aliphatic rings. The molecule has 2 amide bonds. The van der Waals surface area contributed by atoms with Crippen molar-refractivity contribution < 1.29 is 14.4 Å². The number of benzene rings is 2. The quantitative estimate of drug-likeness (QED) is 0.437. The average Bonchev–Trinajstić information content (AvgIpc) is 3.14. The van der Waals surface area contributed by atoms with E-state index >= 15 is 0 Å². The topological polar surface area (TPSA) is 102 Å². The number of primary amides is 1. The van der Waals surface area contributed by atoms with Crippen molar-refractivity contribution in [1.29, 1.82) is 0 Å². The van der Waals surface area contributed by atoms with Crippen LogP contribution in [0.4, 0.5) is 5.69 Å². The Balaban J connectivity index is 1.50. The van der Waals surface area contributed by atoms with E-state index in [0.717, 1.165) is 4.34 Å². The van der Waals surface area contributed by atoms with Gasteiger partial charge in [-0.2, -0.15) is 0 Å². The molecule has 2 aromatic carbocycles. The fourth-order valence-electron chi connectivity index (χ4n) is 2.36. The Morgan fingerprint density at radius 3 is 2.39 bits per heavy atom. The molecule has 0 bridgehead atoms. The number of Topliss-reactive ketones (excluding diaryl/α,β-unsaturated/α-hetero) is 1. The van der Waals surface area contributed by atoms with E-state index in [9.17, 15) is 14.4 Å². The summed E-state index contributed by atoms with van der Waals surface area (Å²) in [5.41, 5.74) is 7.46. The van der Waals surface area contributed by atoms with Crippen molar-refractivity contribution in [2.24, 2.45) is 5.73 Å². The molecular formula is C20H17N3O3S2. The summed E-state index contributed by atoms with van der Waals surface area (Å²) in [4.78, 5) is 39.8. The lowest BCUT2D eigenvalue weighted by atomic mass is 10.2. The van der Waals surface area contributed by atoms with E-state index in [0.29, 0.717) is 28.3 Å². The van der Waals surface area contributed by atoms with Gasteiger partial charge < -0.3 is 11.1 Å². The van der Waals surface area contributed by atoms with Gasteiger partial charge in [-0.1, -0.05) is 42.1 Å². The van der Waals surface area contributed by atoms with Gasteiger partial charge in [0.25, 0.3) is 0 Å². The number of carbonyl (C=O) groups excluding carboxylic acids is 3. The third kappa shape index (κ3) is 5.51. The normalized spacial score (nSPS) is 10.4. The Morgan fingerprint density at radius 1 is 1.00 bits per heavy atom. The molecule has 0 spiro atoms. The lowest BCUT2D eigenvalue weighted by Crippen LogP contribution is -2.15. The molecule has 6 nitrogen and oxygen atoms in total. The minimum atomic E-state index is -0.517. The molecule has 28 heavy (non-hydrogen) atoms. The molecule has 1 aromatic heterocycles. The van der Waals surface area contributed by atoms with E-state index in [1.807, 2.05) is 23.6 Å². The number of nitrogens with two attached hydrogens (primary N) is 1. The van der Waals surface area contributed by atoms with Crippen LogP contribution in [0.3, 0.4) is 0 Å². The summed E-state index contributed by atoms with van der Waals surface area (Å²) in [6.07, 6.45) is 0.126. The van der Waals surface area contributed by atoms with Crippen LogP contribution in [0, 0.1) is 0 Å². The summed E-state index contributed by atoms with van der Waals surface area (Å²) >= 11 is 2.77. The van der Waals surface area contributed by atoms with Crippen LogP contribution < -0.4 is 11.1 Å². The zero-order chi connectivity index (χ0) is 19.9. The Bertz CT molecular complexity index is 985. The number of thiazole rings is 1. The Hall–Kier alpha value is -2.97. The molecule has 0 aliphatic heterocycles. The van der Waals surface area contributed by atoms with Crippen LogP contribution in [0.5, 0.6) is 0 Å². The number of aromatic nitrogens is 1. The third-order valence-corrected chi connectivity index (χ3v) is 5.82. The van der Waals surface area contributed by atoms with E-state index < -0.39 is 5.91 Å². The number of anilines is 1. The third-order valence-electron chi connectivity index (χ3n) is 3.75. The molecule has 8 heteroatoms. The first-order valence-corrected chi connectivity index (χ1v) is 10.2. The molecule has 0 saturated carbocycles. The summed E-state index contributed by atoms with van der Waals surface area (Å²) in [5.74, 6) is -0.389. The van der Waals surface area contributed by atoms with Crippen molar-refractivity contribution in [3.8, 4) is 0 Å². The maximum absolute atomic E-state index is 12.2. The fourth-order valence-corrected chi connectivity index (χ4v) is 4.10. The molecular weight excluding hydrogens is 394 g/mol. The van der Waals surface area contributed by atoms with Crippen LogP contribution in [0.15, 0.2) is 64.3 Å². The van der Waals surface area contributed by atoms with Crippen molar-refractivity contribution >= 4 is 46.4 Å². The molecule has 0 radical (unpaired) electrons. The summed E-state index contributed by atoms with van der Waals surface area (Å²) < 4.78 is 0.748. The van der Waals surface area contributed by atoms with E-state index in [4.69, 9.17) is 5.73 Å². The number of thioether (sulfide) groups is 1. The minimum absolute atomic E-state index is 0.0412. The number of carbonyl (C=O) groups is 3. The zero-order valence-electron chi connectivity index (χ0n) is 14.8. The summed E-state index contributed by atoms with van der Waals surface area (Å²) in [7, 11) is 0. The molecule has 0 unspecified atom stereocenters. The molecule has 1 heterocycles. The largest absolute Gasteiger partial charge is 0.366 e. The van der Waals surface area contributed by atoms with Gasteiger partial charge in [0.2, 0.25) is 11.8 Å². The summed E-state index contributed by atoms with van der Waals surface area (Å²) in [6.45, 7) is 0. The van der Waals surface area contributed by atoms with Gasteiger partial charge in [0.1, 0.15) is 0 Å². The lowest BCUT2D eigenvalue weighted by molar-refractivity contribution is -0.115. The first-order valence-electron chi connectivity index (χ1n) is 8.36. The molecule has 3 aromatic rings. The number of nitrogens with zero attached hydrogens (tertiary/aromatic N) is 1. The smallest absolute Gasteiger partial charge is 0.248 e. The minimum Gasteiger partial charge on any atom is -0.366 e. The van der Waals surface area contributed by atoms with Crippen molar-refractivity contribution in [3.05, 3.63) is 76.8 Å². The van der Waals surface area contributed by atoms with E-state index in [-0.39, 0.29) is 18.1 Å². The highest BCUT2D eigenvalue weighted by Crippen LogP contribution is 2.24. The van der Waals surface area contributed by atoms with Crippen LogP contribution in [0.25, 0.3) is 0 Å². The highest BCUT2D eigenvalue weighted by atomic mass is 32.2. The number of rotatable bonds is 8. The summed E-state index contributed by atoms with van der Waals surface area (Å²) in [6, 6.07) is 15.5. The number of amides is 2. The Kier molecular flexibility index (Phi) is 6.57. The van der Waals surface area contributed by atoms with Gasteiger partial charge in [0.05, 0.1) is 17.9 Å². The zero-order valence-corrected chi connectivity index (χ0v) is 16.4. The maximum Gasteiger partial charge on any atom is 0.248 e. The Labute approximate surface area is 170 Å². The first-order chi connectivity index (χ1) is 13.5. The van der Waals surface area contributed by atoms with Gasteiger partial charge in [-0.3, -0.25) is 14.4 Å². The maximum atomic E-state index is 12.2. The van der Waals surface area contributed by atoms with Crippen LogP contribution in [0.1, 0.15) is 26.4 Å². The second kappa shape index (κ2) is 9.29. The molecule has 0 atom stereocenters. The average molecular weight is 412 g/mol. The fraction of sp³-hybridized carbons (Fsp3) is 0.100. The molecule has 0 saturated heterocycles. The molecule has 0 fully saturated rings. The van der Waals surface area contributed by atoms with Crippen LogP contribution >= 0.6 is 23.1 Å². The molecule has 3 N–H and O–H groups in total. The lowest BCUT2D eigenvalue weighted by Gasteiger charge is -2.04. The van der Waals surface area contributed by atoms with Crippen molar-refractivity contribution in [2.75, 3.05) is 11.1 Å². The second-order valence-electron chi connectivity index (χ2n) is 5.85. The van der Waals surface area contributed by atoms with Gasteiger partial charge in [-0.25, -0.2) is 4.98 Å². The van der Waals surface area contributed by atoms with Crippen LogP contribution in [-0.4, -0.2) is 28.3 Å². The molecule has 0 aliphatic carbocycles. The SMILES string of the molecule is NC(=O)c1ccc(NC(=O)Cc2csc(SCC(=O)c3ccccc3)n2)cc1. The standard InChI is InChI=1S/C20H17N3O3S2/c21-19(26)14-6-8-15(9-7-14)22-18(25)10-16-11-27-20(23-16)28-12-17(24)13-4-2-1-3-5-13/h1-9,11H,10,12H2,(H2,21,26)(H,22,25).